The first-order chi connectivity index (χ1) is 12.4. The Morgan fingerprint density at radius 1 is 1.11 bits per heavy atom. The first-order valence-corrected chi connectivity index (χ1v) is 6.89. The fraction of sp³-hybridized carbons (Fsp3) is 0.462. The summed E-state index contributed by atoms with van der Waals surface area (Å²) in [4.78, 5) is 21.3. The van der Waals surface area contributed by atoms with Crippen LogP contribution in [-0.4, -0.2) is 40.6 Å². The van der Waals surface area contributed by atoms with Crippen molar-refractivity contribution in [1.29, 1.82) is 0 Å². The quantitative estimate of drug-likeness (QED) is 0.448. The highest BCUT2D eigenvalue weighted by Gasteiger charge is 2.96. The van der Waals surface area contributed by atoms with Crippen LogP contribution < -0.4 is 5.32 Å². The number of halogens is 9. The Labute approximate surface area is 148 Å². The second kappa shape index (κ2) is 5.96. The molecule has 1 atom stereocenters. The van der Waals surface area contributed by atoms with Crippen molar-refractivity contribution >= 4 is 17.3 Å². The molecule has 2 rings (SSSR count). The maximum absolute atomic E-state index is 14.0. The van der Waals surface area contributed by atoms with Gasteiger partial charge in [-0.25, -0.2) is 0 Å². The van der Waals surface area contributed by atoms with E-state index in [1.807, 2.05) is 0 Å². The van der Waals surface area contributed by atoms with E-state index in [9.17, 15) is 54.4 Å². The van der Waals surface area contributed by atoms with Gasteiger partial charge in [-0.1, -0.05) is 6.07 Å². The SMILES string of the molecule is Cc1ccc(NC(=O)C(F)(F)[C@@]2(F)OC(F)(F)C(F)(F)C2(F)F)cc1[N+](=O)[O-]. The standard InChI is InChI=1S/C13H7F9N2O4/c1-5-2-3-6(4-7(5)24(26)27)23-8(25)9(14,15)12(20)10(16,17)11(18,19)13(21,22)28-12/h2-4H,1H3,(H,23,25)/t12-/m1/s1. The molecular formula is C13H7F9N2O4. The zero-order valence-corrected chi connectivity index (χ0v) is 13.2. The summed E-state index contributed by atoms with van der Waals surface area (Å²) in [6, 6.07) is 2.13. The molecule has 1 aromatic rings. The number of anilines is 1. The van der Waals surface area contributed by atoms with E-state index in [0.29, 0.717) is 6.07 Å². The van der Waals surface area contributed by atoms with E-state index >= 15 is 0 Å². The van der Waals surface area contributed by atoms with Crippen molar-refractivity contribution in [2.24, 2.45) is 0 Å². The number of carbonyl (C=O) groups excluding carboxylic acids is 1. The topological polar surface area (TPSA) is 81.5 Å². The second-order valence-corrected chi connectivity index (χ2v) is 5.65. The molecule has 1 fully saturated rings. The fourth-order valence-corrected chi connectivity index (χ4v) is 2.19. The number of nitrogens with one attached hydrogen (secondary N) is 1. The lowest BCUT2D eigenvalue weighted by molar-refractivity contribution is -0.385. The minimum atomic E-state index is -6.82. The van der Waals surface area contributed by atoms with E-state index in [1.54, 1.807) is 0 Å². The number of benzene rings is 1. The highest BCUT2D eigenvalue weighted by Crippen LogP contribution is 2.64. The van der Waals surface area contributed by atoms with E-state index in [0.717, 1.165) is 17.4 Å². The number of amides is 1. The average Bonchev–Trinajstić information content (AvgIpc) is 2.64. The molecule has 0 spiro atoms. The minimum Gasteiger partial charge on any atom is -0.320 e. The van der Waals surface area contributed by atoms with E-state index in [-0.39, 0.29) is 5.56 Å². The Balaban J connectivity index is 2.43. The summed E-state index contributed by atoms with van der Waals surface area (Å²) in [6.07, 6.45) is -6.36. The van der Waals surface area contributed by atoms with Gasteiger partial charge in [0.25, 0.3) is 5.69 Å². The molecule has 0 unspecified atom stereocenters. The average molecular weight is 426 g/mol. The summed E-state index contributed by atoms with van der Waals surface area (Å²) in [7, 11) is 0. The third-order valence-electron chi connectivity index (χ3n) is 3.79. The molecule has 156 valence electrons. The third kappa shape index (κ3) is 2.67. The molecule has 0 saturated carbocycles. The van der Waals surface area contributed by atoms with Crippen molar-refractivity contribution in [1.82, 2.24) is 0 Å². The summed E-state index contributed by atoms with van der Waals surface area (Å²) in [5.74, 6) is -29.3. The van der Waals surface area contributed by atoms with Gasteiger partial charge in [0.05, 0.1) is 4.92 Å². The zero-order valence-electron chi connectivity index (χ0n) is 13.2. The monoisotopic (exact) mass is 426 g/mol. The van der Waals surface area contributed by atoms with Crippen LogP contribution in [0.25, 0.3) is 0 Å². The predicted octanol–water partition coefficient (Wildman–Crippen LogP) is 4.04. The van der Waals surface area contributed by atoms with Crippen LogP contribution in [0.4, 0.5) is 50.9 Å². The number of rotatable bonds is 4. The predicted molar refractivity (Wildman–Crippen MR) is 71.2 cm³/mol. The van der Waals surface area contributed by atoms with Crippen molar-refractivity contribution in [3.05, 3.63) is 33.9 Å². The van der Waals surface area contributed by atoms with Crippen LogP contribution in [0.1, 0.15) is 5.56 Å². The Morgan fingerprint density at radius 2 is 1.64 bits per heavy atom. The van der Waals surface area contributed by atoms with Gasteiger partial charge in [-0.05, 0) is 13.0 Å². The van der Waals surface area contributed by atoms with Gasteiger partial charge in [-0.2, -0.15) is 39.5 Å². The molecule has 1 amide bonds. The number of alkyl halides is 9. The van der Waals surface area contributed by atoms with Crippen LogP contribution in [0.15, 0.2) is 18.2 Å². The Kier molecular flexibility index (Phi) is 4.62. The first-order valence-electron chi connectivity index (χ1n) is 6.89. The van der Waals surface area contributed by atoms with Crippen LogP contribution >= 0.6 is 0 Å². The molecule has 1 N–H and O–H groups in total. The van der Waals surface area contributed by atoms with E-state index in [1.165, 1.54) is 6.92 Å². The number of nitro groups is 1. The van der Waals surface area contributed by atoms with Crippen LogP contribution in [0.2, 0.25) is 0 Å². The van der Waals surface area contributed by atoms with E-state index in [4.69, 9.17) is 0 Å². The largest absolute Gasteiger partial charge is 0.428 e. The molecule has 1 aliphatic heterocycles. The van der Waals surface area contributed by atoms with E-state index in [2.05, 4.69) is 4.74 Å². The molecule has 1 heterocycles. The van der Waals surface area contributed by atoms with Gasteiger partial charge in [0.1, 0.15) is 0 Å². The van der Waals surface area contributed by atoms with Crippen molar-refractivity contribution in [3.8, 4) is 0 Å². The summed E-state index contributed by atoms with van der Waals surface area (Å²) >= 11 is 0. The van der Waals surface area contributed by atoms with Gasteiger partial charge < -0.3 is 5.32 Å². The van der Waals surface area contributed by atoms with Gasteiger partial charge >= 0.3 is 35.6 Å². The molecule has 6 nitrogen and oxygen atoms in total. The second-order valence-electron chi connectivity index (χ2n) is 5.65. The molecule has 1 aliphatic rings. The summed E-state index contributed by atoms with van der Waals surface area (Å²) < 4.78 is 123. The number of aryl methyl sites for hydroxylation is 1. The maximum Gasteiger partial charge on any atom is 0.428 e. The van der Waals surface area contributed by atoms with E-state index < -0.39 is 51.9 Å². The smallest absolute Gasteiger partial charge is 0.320 e. The Morgan fingerprint density at radius 3 is 2.07 bits per heavy atom. The molecule has 1 aromatic carbocycles. The lowest BCUT2D eigenvalue weighted by atomic mass is 9.99. The third-order valence-corrected chi connectivity index (χ3v) is 3.79. The molecular weight excluding hydrogens is 419 g/mol. The van der Waals surface area contributed by atoms with Crippen LogP contribution in [0, 0.1) is 17.0 Å². The highest BCUT2D eigenvalue weighted by atomic mass is 19.4. The molecule has 0 aliphatic carbocycles. The number of nitrogens with zero attached hydrogens (tertiary/aromatic N) is 1. The van der Waals surface area contributed by atoms with Gasteiger partial charge in [0, 0.05) is 17.3 Å². The summed E-state index contributed by atoms with van der Waals surface area (Å²) in [5, 5.41) is 11.8. The lowest BCUT2D eigenvalue weighted by Crippen LogP contribution is -2.63. The molecule has 28 heavy (non-hydrogen) atoms. The fourth-order valence-electron chi connectivity index (χ4n) is 2.19. The summed E-state index contributed by atoms with van der Waals surface area (Å²) in [5.41, 5.74) is -1.62. The van der Waals surface area contributed by atoms with Gasteiger partial charge in [0.15, 0.2) is 0 Å². The van der Waals surface area contributed by atoms with Crippen molar-refractivity contribution in [3.63, 3.8) is 0 Å². The molecule has 0 aromatic heterocycles. The highest BCUT2D eigenvalue weighted by molar-refractivity contribution is 5.97. The normalized spacial score (nSPS) is 25.4. The van der Waals surface area contributed by atoms with Crippen LogP contribution in [0.5, 0.6) is 0 Å². The minimum absolute atomic E-state index is 0.0262. The maximum atomic E-state index is 14.0. The van der Waals surface area contributed by atoms with Gasteiger partial charge in [-0.15, -0.1) is 0 Å². The Hall–Kier alpha value is -2.58. The number of nitro benzene ring substituents is 1. The Bertz CT molecular complexity index is 845. The molecule has 1 saturated heterocycles. The zero-order chi connectivity index (χ0) is 21.9. The molecule has 0 radical (unpaired) electrons. The number of hydrogen-bond donors (Lipinski definition) is 1. The number of carbonyl (C=O) groups is 1. The number of hydrogen-bond acceptors (Lipinski definition) is 4. The van der Waals surface area contributed by atoms with Crippen LogP contribution in [0.3, 0.4) is 0 Å². The van der Waals surface area contributed by atoms with Crippen molar-refractivity contribution in [2.45, 2.75) is 36.7 Å². The molecule has 0 bridgehead atoms. The number of ether oxygens (including phenoxy) is 1. The van der Waals surface area contributed by atoms with Crippen molar-refractivity contribution < 1.29 is 54.0 Å². The van der Waals surface area contributed by atoms with Gasteiger partial charge in [-0.3, -0.25) is 19.6 Å². The summed E-state index contributed by atoms with van der Waals surface area (Å²) in [6.45, 7) is 1.20. The first kappa shape index (κ1) is 21.7. The van der Waals surface area contributed by atoms with Gasteiger partial charge in [0.2, 0.25) is 0 Å². The lowest BCUT2D eigenvalue weighted by Gasteiger charge is -2.31. The van der Waals surface area contributed by atoms with Crippen LogP contribution in [-0.2, 0) is 9.53 Å². The van der Waals surface area contributed by atoms with Crippen molar-refractivity contribution in [2.75, 3.05) is 5.32 Å². The molecule has 15 heteroatoms.